The van der Waals surface area contributed by atoms with Crippen LogP contribution in [-0.4, -0.2) is 102 Å². The van der Waals surface area contributed by atoms with Gasteiger partial charge in [0, 0.05) is 82.6 Å². The Morgan fingerprint density at radius 2 is 1.86 bits per heavy atom. The molecule has 4 rings (SSSR count). The van der Waals surface area contributed by atoms with E-state index in [0.717, 1.165) is 30.8 Å². The van der Waals surface area contributed by atoms with E-state index in [1.165, 1.54) is 0 Å². The number of ether oxygens (including phenoxy) is 5. The summed E-state index contributed by atoms with van der Waals surface area (Å²) in [6.45, 7) is 10.0. The fourth-order valence-electron chi connectivity index (χ4n) is 5.40. The number of morpholine rings is 1. The van der Waals surface area contributed by atoms with Gasteiger partial charge >= 0.3 is 6.09 Å². The van der Waals surface area contributed by atoms with Crippen molar-refractivity contribution in [2.45, 2.75) is 39.0 Å². The smallest absolute Gasteiger partial charge is 0.407 e. The highest BCUT2D eigenvalue weighted by Gasteiger charge is 2.34. The number of rotatable bonds is 14. The Bertz CT molecular complexity index is 1190. The minimum atomic E-state index is -0.469. The summed E-state index contributed by atoms with van der Waals surface area (Å²) in [4.78, 5) is 30.7. The molecule has 0 radical (unpaired) electrons. The van der Waals surface area contributed by atoms with Gasteiger partial charge < -0.3 is 44.1 Å². The summed E-state index contributed by atoms with van der Waals surface area (Å²) >= 11 is 0. The summed E-state index contributed by atoms with van der Waals surface area (Å²) in [5, 5.41) is 6.26. The molecule has 0 bridgehead atoms. The van der Waals surface area contributed by atoms with E-state index in [1.807, 2.05) is 36.9 Å². The van der Waals surface area contributed by atoms with Crippen LogP contribution in [0.5, 0.6) is 11.5 Å². The van der Waals surface area contributed by atoms with Crippen molar-refractivity contribution in [2.24, 2.45) is 5.92 Å². The number of carbonyl (C=O) groups is 2. The normalized spacial score (nSPS) is 18.4. The van der Waals surface area contributed by atoms with Crippen LogP contribution < -0.4 is 25.0 Å². The number of hydrogen-bond acceptors (Lipinski definition) is 9. The Morgan fingerprint density at radius 1 is 1.07 bits per heavy atom. The van der Waals surface area contributed by atoms with E-state index in [9.17, 15) is 9.59 Å². The summed E-state index contributed by atoms with van der Waals surface area (Å²) in [5.41, 5.74) is 2.64. The van der Waals surface area contributed by atoms with Gasteiger partial charge in [0.05, 0.1) is 26.9 Å². The van der Waals surface area contributed by atoms with Crippen LogP contribution >= 0.6 is 0 Å². The molecule has 2 saturated heterocycles. The van der Waals surface area contributed by atoms with Gasteiger partial charge in [0.1, 0.15) is 6.10 Å². The standard InChI is InChI=1S/C32H46N4O7/c1-23(2)36(31(37)24-10-11-28(40-4)29(18-24)42-15-7-14-39-3)22-26-19-33-21-30(26)43-32(38)34-20-25-8-5-6-9-27(25)35-12-16-41-17-13-35/h5-6,8-11,18,23,26,30,33H,7,12-17,19-22H2,1-4H3,(H,34,38)/t26-,30-/m1/s1. The van der Waals surface area contributed by atoms with Gasteiger partial charge in [-0.1, -0.05) is 18.2 Å². The number of hydrogen-bond donors (Lipinski definition) is 2. The van der Waals surface area contributed by atoms with Crippen LogP contribution in [0.3, 0.4) is 0 Å². The fourth-order valence-corrected chi connectivity index (χ4v) is 5.40. The van der Waals surface area contributed by atoms with Crippen molar-refractivity contribution < 1.29 is 33.3 Å². The summed E-state index contributed by atoms with van der Waals surface area (Å²) < 4.78 is 27.8. The third kappa shape index (κ3) is 8.98. The summed E-state index contributed by atoms with van der Waals surface area (Å²) in [7, 11) is 3.22. The number of benzene rings is 2. The number of methoxy groups -OCH3 is 2. The molecule has 2 aliphatic heterocycles. The van der Waals surface area contributed by atoms with E-state index in [2.05, 4.69) is 21.6 Å². The molecule has 0 saturated carbocycles. The third-order valence-electron chi connectivity index (χ3n) is 7.78. The minimum absolute atomic E-state index is 0.0549. The van der Waals surface area contributed by atoms with E-state index >= 15 is 0 Å². The Labute approximate surface area is 254 Å². The fraction of sp³-hybridized carbons (Fsp3) is 0.562. The molecule has 0 aromatic heterocycles. The lowest BCUT2D eigenvalue weighted by Gasteiger charge is -2.31. The monoisotopic (exact) mass is 598 g/mol. The number of carbonyl (C=O) groups excluding carboxylic acids is 2. The first-order valence-electron chi connectivity index (χ1n) is 15.1. The van der Waals surface area contributed by atoms with Crippen molar-refractivity contribution in [3.63, 3.8) is 0 Å². The number of nitrogens with zero attached hydrogens (tertiary/aromatic N) is 2. The SMILES string of the molecule is COCCCOc1cc(C(=O)N(C[C@H]2CNC[C@H]2OC(=O)NCc2ccccc2N2CCOCC2)C(C)C)ccc1OC. The van der Waals surface area contributed by atoms with Crippen molar-refractivity contribution in [1.29, 1.82) is 0 Å². The van der Waals surface area contributed by atoms with Crippen molar-refractivity contribution in [3.05, 3.63) is 53.6 Å². The van der Waals surface area contributed by atoms with Gasteiger partial charge in [0.15, 0.2) is 11.5 Å². The average Bonchev–Trinajstić information content (AvgIpc) is 3.47. The van der Waals surface area contributed by atoms with Gasteiger partial charge in [-0.05, 0) is 43.7 Å². The van der Waals surface area contributed by atoms with Crippen molar-refractivity contribution >= 4 is 17.7 Å². The summed E-state index contributed by atoms with van der Waals surface area (Å²) in [6, 6.07) is 13.2. The Balaban J connectivity index is 1.36. The van der Waals surface area contributed by atoms with Crippen LogP contribution in [-0.2, 0) is 20.8 Å². The van der Waals surface area contributed by atoms with Gasteiger partial charge in [-0.3, -0.25) is 4.79 Å². The molecule has 2 fully saturated rings. The quantitative estimate of drug-likeness (QED) is 0.317. The lowest BCUT2D eigenvalue weighted by molar-refractivity contribution is 0.0521. The highest BCUT2D eigenvalue weighted by Crippen LogP contribution is 2.29. The zero-order chi connectivity index (χ0) is 30.6. The van der Waals surface area contributed by atoms with Gasteiger partial charge in [0.2, 0.25) is 0 Å². The summed E-state index contributed by atoms with van der Waals surface area (Å²) in [5.74, 6) is 0.913. The maximum absolute atomic E-state index is 13.7. The second kappa shape index (κ2) is 16.3. The van der Waals surface area contributed by atoms with Crippen LogP contribution in [0.25, 0.3) is 0 Å². The maximum Gasteiger partial charge on any atom is 0.407 e. The molecule has 11 heteroatoms. The molecule has 2 heterocycles. The van der Waals surface area contributed by atoms with Crippen LogP contribution in [0.4, 0.5) is 10.5 Å². The van der Waals surface area contributed by atoms with Crippen LogP contribution in [0.2, 0.25) is 0 Å². The lowest BCUT2D eigenvalue weighted by atomic mass is 10.0. The zero-order valence-electron chi connectivity index (χ0n) is 25.8. The van der Waals surface area contributed by atoms with Gasteiger partial charge in [-0.15, -0.1) is 0 Å². The highest BCUT2D eigenvalue weighted by molar-refractivity contribution is 5.95. The first kappa shape index (κ1) is 32.4. The molecule has 2 N–H and O–H groups in total. The van der Waals surface area contributed by atoms with Gasteiger partial charge in [0.25, 0.3) is 5.91 Å². The predicted octanol–water partition coefficient (Wildman–Crippen LogP) is 3.31. The minimum Gasteiger partial charge on any atom is -0.493 e. The maximum atomic E-state index is 13.7. The molecule has 2 aromatic carbocycles. The van der Waals surface area contributed by atoms with Crippen LogP contribution in [0.1, 0.15) is 36.2 Å². The van der Waals surface area contributed by atoms with E-state index in [-0.39, 0.29) is 24.0 Å². The summed E-state index contributed by atoms with van der Waals surface area (Å²) in [6.07, 6.45) is -0.109. The number of alkyl carbamates (subject to hydrolysis) is 1. The predicted molar refractivity (Wildman–Crippen MR) is 164 cm³/mol. The Kier molecular flexibility index (Phi) is 12.3. The zero-order valence-corrected chi connectivity index (χ0v) is 25.8. The van der Waals surface area contributed by atoms with Gasteiger partial charge in [-0.25, -0.2) is 4.79 Å². The first-order chi connectivity index (χ1) is 20.9. The van der Waals surface area contributed by atoms with E-state index < -0.39 is 6.09 Å². The number of anilines is 1. The molecular formula is C32H46N4O7. The van der Waals surface area contributed by atoms with E-state index in [1.54, 1.807) is 32.4 Å². The average molecular weight is 599 g/mol. The second-order valence-electron chi connectivity index (χ2n) is 11.1. The number of para-hydroxylation sites is 1. The van der Waals surface area contributed by atoms with Crippen molar-refractivity contribution in [1.82, 2.24) is 15.5 Å². The number of amides is 2. The van der Waals surface area contributed by atoms with Crippen LogP contribution in [0.15, 0.2) is 42.5 Å². The molecule has 0 spiro atoms. The van der Waals surface area contributed by atoms with Crippen LogP contribution in [0, 0.1) is 5.92 Å². The Hall–Kier alpha value is -3.54. The molecule has 0 unspecified atom stereocenters. The molecule has 2 atom stereocenters. The first-order valence-corrected chi connectivity index (χ1v) is 15.1. The molecule has 2 amide bonds. The topological polar surface area (TPSA) is 111 Å². The third-order valence-corrected chi connectivity index (χ3v) is 7.78. The molecule has 43 heavy (non-hydrogen) atoms. The largest absolute Gasteiger partial charge is 0.493 e. The van der Waals surface area contributed by atoms with Gasteiger partial charge in [-0.2, -0.15) is 0 Å². The molecule has 2 aromatic rings. The molecule has 11 nitrogen and oxygen atoms in total. The molecular weight excluding hydrogens is 552 g/mol. The number of nitrogens with one attached hydrogen (secondary N) is 2. The van der Waals surface area contributed by atoms with Crippen molar-refractivity contribution in [2.75, 3.05) is 78.3 Å². The molecule has 236 valence electrons. The van der Waals surface area contributed by atoms with E-state index in [0.29, 0.717) is 69.7 Å². The lowest BCUT2D eigenvalue weighted by Crippen LogP contribution is -2.44. The molecule has 2 aliphatic rings. The van der Waals surface area contributed by atoms with Crippen molar-refractivity contribution in [3.8, 4) is 11.5 Å². The Morgan fingerprint density at radius 3 is 2.60 bits per heavy atom. The highest BCUT2D eigenvalue weighted by atomic mass is 16.6. The molecule has 0 aliphatic carbocycles. The second-order valence-corrected chi connectivity index (χ2v) is 11.1. The van der Waals surface area contributed by atoms with E-state index in [4.69, 9.17) is 23.7 Å².